The summed E-state index contributed by atoms with van der Waals surface area (Å²) in [5, 5.41) is 0.556. The number of nitrogens with zero attached hydrogens (tertiary/aromatic N) is 4. The summed E-state index contributed by atoms with van der Waals surface area (Å²) in [6.45, 7) is 4.81. The first kappa shape index (κ1) is 14.6. The van der Waals surface area contributed by atoms with Gasteiger partial charge in [-0.25, -0.2) is 4.98 Å². The molecule has 0 N–H and O–H groups in total. The molecule has 0 aliphatic rings. The van der Waals surface area contributed by atoms with Crippen molar-refractivity contribution in [1.82, 2.24) is 9.97 Å². The third-order valence-corrected chi connectivity index (χ3v) is 3.56. The summed E-state index contributed by atoms with van der Waals surface area (Å²) in [5.41, 5.74) is 2.15. The highest BCUT2D eigenvalue weighted by Gasteiger charge is 2.10. The maximum Gasteiger partial charge on any atom is 0.152 e. The average molecular weight is 291 g/mol. The van der Waals surface area contributed by atoms with E-state index in [2.05, 4.69) is 33.7 Å². The third-order valence-electron chi connectivity index (χ3n) is 3.27. The minimum absolute atomic E-state index is 0.556. The van der Waals surface area contributed by atoms with Gasteiger partial charge >= 0.3 is 0 Å². The smallest absolute Gasteiger partial charge is 0.152 e. The number of rotatable bonds is 6. The Morgan fingerprint density at radius 1 is 1.10 bits per heavy atom. The Morgan fingerprint density at radius 3 is 2.50 bits per heavy atom. The molecule has 0 aliphatic carbocycles. The van der Waals surface area contributed by atoms with Gasteiger partial charge in [0.1, 0.15) is 0 Å². The summed E-state index contributed by atoms with van der Waals surface area (Å²) in [5.74, 6) is 0. The van der Waals surface area contributed by atoms with Gasteiger partial charge in [0, 0.05) is 51.0 Å². The van der Waals surface area contributed by atoms with Crippen molar-refractivity contribution < 1.29 is 0 Å². The molecule has 0 bridgehead atoms. The molecule has 0 saturated heterocycles. The fourth-order valence-corrected chi connectivity index (χ4v) is 2.30. The SMILES string of the molecule is CCN(CCN(C)c1ccncc1)c1cccnc1Cl. The quantitative estimate of drug-likeness (QED) is 0.765. The number of hydrogen-bond acceptors (Lipinski definition) is 4. The molecule has 2 heterocycles. The molecule has 2 aromatic rings. The van der Waals surface area contributed by atoms with E-state index in [1.807, 2.05) is 24.3 Å². The number of aromatic nitrogens is 2. The first-order valence-electron chi connectivity index (χ1n) is 6.69. The van der Waals surface area contributed by atoms with Crippen molar-refractivity contribution in [3.05, 3.63) is 48.0 Å². The van der Waals surface area contributed by atoms with E-state index in [1.54, 1.807) is 18.6 Å². The molecule has 0 fully saturated rings. The second-order valence-corrected chi connectivity index (χ2v) is 4.88. The van der Waals surface area contributed by atoms with E-state index >= 15 is 0 Å². The normalized spacial score (nSPS) is 10.3. The Morgan fingerprint density at radius 2 is 1.85 bits per heavy atom. The van der Waals surface area contributed by atoms with Crippen LogP contribution in [0.1, 0.15) is 6.92 Å². The number of likely N-dealkylation sites (N-methyl/N-ethyl adjacent to an activating group) is 2. The molecule has 0 saturated carbocycles. The molecule has 0 aliphatic heterocycles. The summed E-state index contributed by atoms with van der Waals surface area (Å²) in [6, 6.07) is 7.93. The summed E-state index contributed by atoms with van der Waals surface area (Å²) in [6.07, 6.45) is 5.32. The molecule has 0 amide bonds. The van der Waals surface area contributed by atoms with Gasteiger partial charge in [0.25, 0.3) is 0 Å². The van der Waals surface area contributed by atoms with Gasteiger partial charge in [-0.3, -0.25) is 4.98 Å². The van der Waals surface area contributed by atoms with E-state index in [4.69, 9.17) is 11.6 Å². The van der Waals surface area contributed by atoms with Crippen LogP contribution in [0.25, 0.3) is 0 Å². The van der Waals surface area contributed by atoms with Crippen molar-refractivity contribution in [3.8, 4) is 0 Å². The Labute approximate surface area is 125 Å². The number of pyridine rings is 2. The second kappa shape index (κ2) is 7.10. The lowest BCUT2D eigenvalue weighted by atomic mass is 10.3. The molecule has 2 rings (SSSR count). The van der Waals surface area contributed by atoms with Crippen molar-refractivity contribution in [2.45, 2.75) is 6.92 Å². The van der Waals surface area contributed by atoms with Crippen LogP contribution in [0.15, 0.2) is 42.9 Å². The number of hydrogen-bond donors (Lipinski definition) is 0. The highest BCUT2D eigenvalue weighted by molar-refractivity contribution is 6.32. The zero-order valence-electron chi connectivity index (χ0n) is 11.8. The van der Waals surface area contributed by atoms with Crippen molar-refractivity contribution >= 4 is 23.0 Å². The highest BCUT2D eigenvalue weighted by Crippen LogP contribution is 2.22. The van der Waals surface area contributed by atoms with E-state index in [9.17, 15) is 0 Å². The van der Waals surface area contributed by atoms with Crippen LogP contribution >= 0.6 is 11.6 Å². The lowest BCUT2D eigenvalue weighted by Crippen LogP contribution is -2.33. The van der Waals surface area contributed by atoms with Crippen molar-refractivity contribution in [3.63, 3.8) is 0 Å². The van der Waals surface area contributed by atoms with Gasteiger partial charge in [-0.05, 0) is 31.2 Å². The van der Waals surface area contributed by atoms with Gasteiger partial charge in [0.15, 0.2) is 5.15 Å². The molecule has 0 radical (unpaired) electrons. The van der Waals surface area contributed by atoms with Crippen LogP contribution in [-0.2, 0) is 0 Å². The minimum atomic E-state index is 0.556. The van der Waals surface area contributed by atoms with E-state index in [1.165, 1.54) is 0 Å². The topological polar surface area (TPSA) is 32.3 Å². The largest absolute Gasteiger partial charge is 0.373 e. The Hall–Kier alpha value is -1.81. The van der Waals surface area contributed by atoms with Gasteiger partial charge in [0.2, 0.25) is 0 Å². The first-order chi connectivity index (χ1) is 9.72. The fraction of sp³-hybridized carbons (Fsp3) is 0.333. The van der Waals surface area contributed by atoms with Crippen molar-refractivity contribution in [2.24, 2.45) is 0 Å². The molecule has 4 nitrogen and oxygen atoms in total. The van der Waals surface area contributed by atoms with Crippen LogP contribution in [0.5, 0.6) is 0 Å². The van der Waals surface area contributed by atoms with Crippen LogP contribution in [0, 0.1) is 0 Å². The molecule has 20 heavy (non-hydrogen) atoms. The Bertz CT molecular complexity index is 532. The molecular formula is C15H19ClN4. The average Bonchev–Trinajstić information content (AvgIpc) is 2.50. The number of halogens is 1. The summed E-state index contributed by atoms with van der Waals surface area (Å²) >= 11 is 6.16. The van der Waals surface area contributed by atoms with Crippen molar-refractivity contribution in [2.75, 3.05) is 36.5 Å². The summed E-state index contributed by atoms with van der Waals surface area (Å²) in [7, 11) is 2.08. The lowest BCUT2D eigenvalue weighted by Gasteiger charge is -2.27. The summed E-state index contributed by atoms with van der Waals surface area (Å²) in [4.78, 5) is 12.6. The predicted molar refractivity (Wildman–Crippen MR) is 84.6 cm³/mol. The minimum Gasteiger partial charge on any atom is -0.373 e. The van der Waals surface area contributed by atoms with Crippen LogP contribution in [0.2, 0.25) is 5.15 Å². The predicted octanol–water partition coefficient (Wildman–Crippen LogP) is 3.09. The van der Waals surface area contributed by atoms with Crippen LogP contribution in [0.3, 0.4) is 0 Å². The molecule has 0 atom stereocenters. The lowest BCUT2D eigenvalue weighted by molar-refractivity contribution is 0.783. The van der Waals surface area contributed by atoms with Gasteiger partial charge < -0.3 is 9.80 Å². The highest BCUT2D eigenvalue weighted by atomic mass is 35.5. The van der Waals surface area contributed by atoms with E-state index in [-0.39, 0.29) is 0 Å². The molecule has 0 unspecified atom stereocenters. The Balaban J connectivity index is 2.00. The van der Waals surface area contributed by atoms with Crippen molar-refractivity contribution in [1.29, 1.82) is 0 Å². The first-order valence-corrected chi connectivity index (χ1v) is 7.06. The van der Waals surface area contributed by atoms with Crippen LogP contribution < -0.4 is 9.80 Å². The van der Waals surface area contributed by atoms with E-state index in [0.29, 0.717) is 5.15 Å². The molecule has 0 spiro atoms. The van der Waals surface area contributed by atoms with E-state index in [0.717, 1.165) is 31.0 Å². The van der Waals surface area contributed by atoms with Gasteiger partial charge in [0.05, 0.1) is 5.69 Å². The maximum atomic E-state index is 6.16. The molecule has 106 valence electrons. The molecule has 5 heteroatoms. The fourth-order valence-electron chi connectivity index (χ4n) is 2.06. The maximum absolute atomic E-state index is 6.16. The van der Waals surface area contributed by atoms with Crippen LogP contribution in [-0.4, -0.2) is 36.6 Å². The third kappa shape index (κ3) is 3.61. The monoisotopic (exact) mass is 290 g/mol. The zero-order chi connectivity index (χ0) is 14.4. The molecule has 2 aromatic heterocycles. The number of anilines is 2. The van der Waals surface area contributed by atoms with E-state index < -0.39 is 0 Å². The second-order valence-electron chi connectivity index (χ2n) is 4.52. The zero-order valence-corrected chi connectivity index (χ0v) is 12.6. The molecule has 0 aromatic carbocycles. The molecular weight excluding hydrogens is 272 g/mol. The van der Waals surface area contributed by atoms with Gasteiger partial charge in [-0.1, -0.05) is 11.6 Å². The standard InChI is InChI=1S/C15H19ClN4/c1-3-20(14-5-4-8-18-15(14)16)12-11-19(2)13-6-9-17-10-7-13/h4-10H,3,11-12H2,1-2H3. The van der Waals surface area contributed by atoms with Crippen LogP contribution in [0.4, 0.5) is 11.4 Å². The van der Waals surface area contributed by atoms with Gasteiger partial charge in [-0.2, -0.15) is 0 Å². The summed E-state index contributed by atoms with van der Waals surface area (Å²) < 4.78 is 0. The Kier molecular flexibility index (Phi) is 5.18. The van der Waals surface area contributed by atoms with Gasteiger partial charge in [-0.15, -0.1) is 0 Å².